The zero-order valence-electron chi connectivity index (χ0n) is 21.8. The van der Waals surface area contributed by atoms with Crippen LogP contribution in [0.3, 0.4) is 0 Å². The minimum atomic E-state index is -0.571. The predicted molar refractivity (Wildman–Crippen MR) is 147 cm³/mol. The summed E-state index contributed by atoms with van der Waals surface area (Å²) in [5.41, 5.74) is 9.46. The molecule has 8 heteroatoms. The number of ether oxygens (including phenoxy) is 2. The van der Waals surface area contributed by atoms with Crippen LogP contribution in [0.25, 0.3) is 0 Å². The maximum absolute atomic E-state index is 12.1. The smallest absolute Gasteiger partial charge is 0.267 e. The molecule has 0 radical (unpaired) electrons. The average Bonchev–Trinajstić information content (AvgIpc) is 3.06. The van der Waals surface area contributed by atoms with Crippen LogP contribution in [0.1, 0.15) is 41.7 Å². The summed E-state index contributed by atoms with van der Waals surface area (Å²) in [6.07, 6.45) is 6.49. The van der Waals surface area contributed by atoms with Crippen molar-refractivity contribution in [1.29, 1.82) is 0 Å². The van der Waals surface area contributed by atoms with E-state index in [9.17, 15) is 9.59 Å². The van der Waals surface area contributed by atoms with E-state index in [4.69, 9.17) is 15.2 Å². The number of aryl methyl sites for hydroxylation is 1. The number of primary amides is 1. The van der Waals surface area contributed by atoms with E-state index in [0.717, 1.165) is 44.8 Å². The molecule has 38 heavy (non-hydrogen) atoms. The number of nitrogens with two attached hydrogens (primary N) is 1. The van der Waals surface area contributed by atoms with Crippen LogP contribution in [0.5, 0.6) is 11.5 Å². The molecule has 198 valence electrons. The zero-order chi connectivity index (χ0) is 26.5. The first-order valence-electron chi connectivity index (χ1n) is 13.1. The molecule has 0 unspecified atom stereocenters. The van der Waals surface area contributed by atoms with E-state index in [1.807, 2.05) is 42.3 Å². The maximum atomic E-state index is 12.1. The summed E-state index contributed by atoms with van der Waals surface area (Å²) in [6.45, 7) is 4.09. The number of hydrogen-bond acceptors (Lipinski definition) is 6. The van der Waals surface area contributed by atoms with Crippen molar-refractivity contribution < 1.29 is 19.1 Å². The molecule has 1 aromatic heterocycles. The normalized spacial score (nSPS) is 18.0. The number of nitrogens with zero attached hydrogens (tertiary/aromatic N) is 3. The fourth-order valence-corrected chi connectivity index (χ4v) is 5.31. The van der Waals surface area contributed by atoms with Crippen molar-refractivity contribution in [2.45, 2.75) is 32.1 Å². The monoisotopic (exact) mass is 514 g/mol. The summed E-state index contributed by atoms with van der Waals surface area (Å²) in [5.74, 6) is 0.901. The van der Waals surface area contributed by atoms with Crippen LogP contribution in [-0.4, -0.2) is 50.1 Å². The van der Waals surface area contributed by atoms with Gasteiger partial charge in [-0.2, -0.15) is 0 Å². The lowest BCUT2D eigenvalue weighted by Gasteiger charge is -2.53. The lowest BCUT2D eigenvalue weighted by molar-refractivity contribution is -0.118. The lowest BCUT2D eigenvalue weighted by atomic mass is 9.73. The Morgan fingerprint density at radius 3 is 2.50 bits per heavy atom. The molecule has 2 saturated heterocycles. The van der Waals surface area contributed by atoms with E-state index in [1.165, 1.54) is 36.4 Å². The van der Waals surface area contributed by atoms with Gasteiger partial charge in [0.15, 0.2) is 0 Å². The van der Waals surface area contributed by atoms with Gasteiger partial charge in [-0.1, -0.05) is 24.3 Å². The molecule has 2 aromatic carbocycles. The van der Waals surface area contributed by atoms with Gasteiger partial charge in [-0.3, -0.25) is 14.6 Å². The van der Waals surface area contributed by atoms with Gasteiger partial charge < -0.3 is 25.0 Å². The van der Waals surface area contributed by atoms with Gasteiger partial charge in [0.25, 0.3) is 5.91 Å². The molecule has 0 bridgehead atoms. The highest BCUT2D eigenvalue weighted by molar-refractivity contribution is 5.95. The summed E-state index contributed by atoms with van der Waals surface area (Å²) in [6, 6.07) is 19.1. The van der Waals surface area contributed by atoms with Crippen molar-refractivity contribution in [1.82, 2.24) is 4.98 Å². The third-order valence-electron chi connectivity index (χ3n) is 7.58. The van der Waals surface area contributed by atoms with Crippen LogP contribution in [0, 0.1) is 5.41 Å². The number of rotatable bonds is 4. The molecule has 4 heterocycles. The van der Waals surface area contributed by atoms with Gasteiger partial charge in [-0.25, -0.2) is 0 Å². The predicted octanol–water partition coefficient (Wildman–Crippen LogP) is 4.58. The van der Waals surface area contributed by atoms with Crippen LogP contribution in [0.15, 0.2) is 66.9 Å². The van der Waals surface area contributed by atoms with E-state index in [2.05, 4.69) is 28.1 Å². The number of para-hydroxylation sites is 1. The largest absolute Gasteiger partial charge is 0.457 e. The minimum absolute atomic E-state index is 0.188. The molecular weight excluding hydrogens is 480 g/mol. The summed E-state index contributed by atoms with van der Waals surface area (Å²) < 4.78 is 11.0. The minimum Gasteiger partial charge on any atom is -0.457 e. The van der Waals surface area contributed by atoms with E-state index in [0.29, 0.717) is 23.3 Å². The van der Waals surface area contributed by atoms with Crippen molar-refractivity contribution in [2.24, 2.45) is 11.1 Å². The topological polar surface area (TPSA) is 98.0 Å². The first-order valence-corrected chi connectivity index (χ1v) is 13.1. The highest BCUT2D eigenvalue weighted by atomic mass is 16.5. The van der Waals surface area contributed by atoms with Crippen LogP contribution in [0.4, 0.5) is 11.4 Å². The molecule has 6 rings (SSSR count). The Labute approximate surface area is 223 Å². The number of hydrogen-bond donors (Lipinski definition) is 1. The van der Waals surface area contributed by atoms with Crippen LogP contribution in [-0.2, 0) is 16.0 Å². The molecule has 3 aliphatic heterocycles. The van der Waals surface area contributed by atoms with Gasteiger partial charge >= 0.3 is 0 Å². The van der Waals surface area contributed by atoms with Crippen molar-refractivity contribution in [3.05, 3.63) is 78.1 Å². The fourth-order valence-electron chi connectivity index (χ4n) is 5.31. The van der Waals surface area contributed by atoms with Gasteiger partial charge in [0, 0.05) is 68.8 Å². The first kappa shape index (κ1) is 25.7. The third kappa shape index (κ3) is 5.81. The Morgan fingerprint density at radius 1 is 1.00 bits per heavy atom. The van der Waals surface area contributed by atoms with Crippen molar-refractivity contribution in [3.63, 3.8) is 0 Å². The number of amides is 2. The molecule has 3 aromatic rings. The van der Waals surface area contributed by atoms with Crippen molar-refractivity contribution >= 4 is 23.2 Å². The number of carbonyl (C=O) groups excluding carboxylic acids is 2. The van der Waals surface area contributed by atoms with E-state index in [1.54, 1.807) is 6.07 Å². The average molecular weight is 515 g/mol. The third-order valence-corrected chi connectivity index (χ3v) is 7.58. The van der Waals surface area contributed by atoms with Gasteiger partial charge in [0.05, 0.1) is 0 Å². The van der Waals surface area contributed by atoms with E-state index >= 15 is 0 Å². The first-order chi connectivity index (χ1) is 18.4. The fraction of sp³-hybridized carbons (Fsp3) is 0.367. The van der Waals surface area contributed by atoms with Crippen LogP contribution in [0.2, 0.25) is 0 Å². The van der Waals surface area contributed by atoms with Crippen LogP contribution >= 0.6 is 0 Å². The van der Waals surface area contributed by atoms with Crippen molar-refractivity contribution in [2.75, 3.05) is 43.2 Å². The number of benzene rings is 2. The molecule has 3 aliphatic rings. The Hall–Kier alpha value is -3.91. The Bertz CT molecular complexity index is 1280. The highest BCUT2D eigenvalue weighted by Crippen LogP contribution is 2.43. The summed E-state index contributed by atoms with van der Waals surface area (Å²) >= 11 is 0. The van der Waals surface area contributed by atoms with E-state index < -0.39 is 5.91 Å². The van der Waals surface area contributed by atoms with Gasteiger partial charge in [0.2, 0.25) is 5.91 Å². The second kappa shape index (κ2) is 11.2. The SMILES string of the molecule is CN1C(=O)CCCc2ccc(N3CC4(CCOCC4)C3)cc21.NC(=O)c1cc(Oc2ccccc2)ccn1. The number of aromatic nitrogens is 1. The highest BCUT2D eigenvalue weighted by Gasteiger charge is 2.44. The number of fused-ring (bicyclic) bond motifs is 1. The lowest BCUT2D eigenvalue weighted by Crippen LogP contribution is -2.58. The summed E-state index contributed by atoms with van der Waals surface area (Å²) in [7, 11) is 1.91. The number of carbonyl (C=O) groups is 2. The zero-order valence-corrected chi connectivity index (χ0v) is 21.8. The molecule has 2 amide bonds. The van der Waals surface area contributed by atoms with Crippen LogP contribution < -0.4 is 20.3 Å². The Morgan fingerprint density at radius 2 is 1.76 bits per heavy atom. The quantitative estimate of drug-likeness (QED) is 0.548. The molecule has 0 saturated carbocycles. The number of pyridine rings is 1. The second-order valence-corrected chi connectivity index (χ2v) is 10.2. The summed E-state index contributed by atoms with van der Waals surface area (Å²) in [5, 5.41) is 0. The molecule has 8 nitrogen and oxygen atoms in total. The Kier molecular flexibility index (Phi) is 7.60. The van der Waals surface area contributed by atoms with Crippen molar-refractivity contribution in [3.8, 4) is 11.5 Å². The van der Waals surface area contributed by atoms with Gasteiger partial charge in [0.1, 0.15) is 17.2 Å². The molecule has 2 N–H and O–H groups in total. The second-order valence-electron chi connectivity index (χ2n) is 10.2. The Balaban J connectivity index is 0.000000163. The molecule has 0 atom stereocenters. The summed E-state index contributed by atoms with van der Waals surface area (Å²) in [4.78, 5) is 31.1. The standard InChI is InChI=1S/C18H24N2O2.C12H10N2O2/c1-19-16-11-15(6-5-14(16)3-2-4-17(19)21)20-12-18(13-20)7-9-22-10-8-18;13-12(15)11-8-10(6-7-14-11)16-9-4-2-1-3-5-9/h5-6,11H,2-4,7-10,12-13H2,1H3;1-8H,(H2,13,15). The van der Waals surface area contributed by atoms with Gasteiger partial charge in [-0.15, -0.1) is 0 Å². The molecule has 2 fully saturated rings. The van der Waals surface area contributed by atoms with Gasteiger partial charge in [-0.05, 0) is 61.6 Å². The number of anilines is 2. The molecular formula is C30H34N4O4. The maximum Gasteiger partial charge on any atom is 0.267 e. The molecule has 1 spiro atoms. The molecule has 0 aliphatic carbocycles. The van der Waals surface area contributed by atoms with E-state index in [-0.39, 0.29) is 11.6 Å².